The van der Waals surface area contributed by atoms with E-state index in [2.05, 4.69) is 46.3 Å². The first-order valence-electron chi connectivity index (χ1n) is 9.84. The lowest BCUT2D eigenvalue weighted by molar-refractivity contribution is 0.112. The van der Waals surface area contributed by atoms with E-state index in [0.29, 0.717) is 5.56 Å². The Morgan fingerprint density at radius 2 is 1.89 bits per heavy atom. The fraction of sp³-hybridized carbons (Fsp3) is 0.348. The van der Waals surface area contributed by atoms with Gasteiger partial charge in [0.05, 0.1) is 6.17 Å². The first kappa shape index (κ1) is 20.0. The van der Waals surface area contributed by atoms with Crippen molar-refractivity contribution < 1.29 is 9.53 Å². The quantitative estimate of drug-likeness (QED) is 0.417. The van der Waals surface area contributed by atoms with Crippen molar-refractivity contribution in [3.63, 3.8) is 0 Å². The van der Waals surface area contributed by atoms with Crippen LogP contribution in [0.25, 0.3) is 6.08 Å². The third-order valence-electron chi connectivity index (χ3n) is 4.94. The van der Waals surface area contributed by atoms with E-state index in [1.54, 1.807) is 7.11 Å². The molecule has 0 aromatic heterocycles. The lowest BCUT2D eigenvalue weighted by atomic mass is 9.97. The first-order valence-corrected chi connectivity index (χ1v) is 9.84. The van der Waals surface area contributed by atoms with Gasteiger partial charge in [0, 0.05) is 29.7 Å². The first-order chi connectivity index (χ1) is 13.6. The molecule has 5 heteroatoms. The van der Waals surface area contributed by atoms with Crippen LogP contribution in [-0.2, 0) is 11.2 Å². The number of hydrogen-bond donors (Lipinski definition) is 3. The summed E-state index contributed by atoms with van der Waals surface area (Å²) in [7, 11) is 1.67. The molecular weight excluding hydrogens is 350 g/mol. The van der Waals surface area contributed by atoms with Gasteiger partial charge in [-0.3, -0.25) is 4.79 Å². The molecule has 3 rings (SSSR count). The van der Waals surface area contributed by atoms with Crippen molar-refractivity contribution in [3.05, 3.63) is 59.2 Å². The van der Waals surface area contributed by atoms with Crippen LogP contribution in [0.5, 0.6) is 0 Å². The number of ether oxygens (including phenoxy) is 1. The maximum Gasteiger partial charge on any atom is 0.152 e. The molecule has 2 aromatic rings. The molecule has 0 saturated heterocycles. The van der Waals surface area contributed by atoms with Gasteiger partial charge in [-0.2, -0.15) is 0 Å². The Balaban J connectivity index is 1.67. The van der Waals surface area contributed by atoms with Gasteiger partial charge in [0.15, 0.2) is 6.29 Å². The summed E-state index contributed by atoms with van der Waals surface area (Å²) < 4.78 is 5.35. The molecule has 0 spiro atoms. The number of methoxy groups -OCH3 is 1. The maximum absolute atomic E-state index is 11.6. The highest BCUT2D eigenvalue weighted by Crippen LogP contribution is 2.24. The topological polar surface area (TPSA) is 62.4 Å². The second-order valence-corrected chi connectivity index (χ2v) is 7.06. The summed E-state index contributed by atoms with van der Waals surface area (Å²) in [5.41, 5.74) is 6.01. The highest BCUT2D eigenvalue weighted by atomic mass is 16.5. The number of benzene rings is 2. The number of aldehydes is 1. The molecule has 5 nitrogen and oxygen atoms in total. The normalized spacial score (nSPS) is 14.7. The SMILES string of the molecule is CCC(Nc1ccc(NC(C)Nc2ccc3c(c2)CCC=C3)c(C=O)c1)OC. The fourth-order valence-electron chi connectivity index (χ4n) is 3.44. The molecule has 2 aromatic carbocycles. The molecule has 1 aliphatic rings. The Morgan fingerprint density at radius 3 is 2.64 bits per heavy atom. The van der Waals surface area contributed by atoms with Crippen molar-refractivity contribution in [2.45, 2.75) is 45.5 Å². The summed E-state index contributed by atoms with van der Waals surface area (Å²) in [6, 6.07) is 12.2. The second-order valence-electron chi connectivity index (χ2n) is 7.06. The van der Waals surface area contributed by atoms with Crippen molar-refractivity contribution in [1.82, 2.24) is 0 Å². The van der Waals surface area contributed by atoms with Gasteiger partial charge in [-0.1, -0.05) is 25.1 Å². The number of anilines is 3. The number of carbonyl (C=O) groups excluding carboxylic acids is 1. The molecule has 0 heterocycles. The van der Waals surface area contributed by atoms with E-state index in [1.165, 1.54) is 11.1 Å². The molecule has 3 N–H and O–H groups in total. The minimum absolute atomic E-state index is 0.0305. The highest BCUT2D eigenvalue weighted by Gasteiger charge is 2.11. The molecule has 1 aliphatic carbocycles. The second kappa shape index (κ2) is 9.42. The number of nitrogens with one attached hydrogen (secondary N) is 3. The van der Waals surface area contributed by atoms with E-state index in [9.17, 15) is 4.79 Å². The van der Waals surface area contributed by atoms with E-state index < -0.39 is 0 Å². The zero-order chi connectivity index (χ0) is 19.9. The molecule has 0 fully saturated rings. The molecule has 0 bridgehead atoms. The highest BCUT2D eigenvalue weighted by molar-refractivity contribution is 5.86. The van der Waals surface area contributed by atoms with E-state index in [1.807, 2.05) is 32.0 Å². The number of fused-ring (bicyclic) bond motifs is 1. The van der Waals surface area contributed by atoms with Gasteiger partial charge in [0.2, 0.25) is 0 Å². The van der Waals surface area contributed by atoms with Gasteiger partial charge >= 0.3 is 0 Å². The maximum atomic E-state index is 11.6. The van der Waals surface area contributed by atoms with Gasteiger partial charge in [0.25, 0.3) is 0 Å². The largest absolute Gasteiger partial charge is 0.366 e. The van der Waals surface area contributed by atoms with Crippen molar-refractivity contribution in [2.24, 2.45) is 0 Å². The average Bonchev–Trinajstić information content (AvgIpc) is 2.72. The molecule has 2 unspecified atom stereocenters. The Kier molecular flexibility index (Phi) is 6.71. The predicted octanol–water partition coefficient (Wildman–Crippen LogP) is 5.12. The summed E-state index contributed by atoms with van der Waals surface area (Å²) in [5.74, 6) is 0. The zero-order valence-electron chi connectivity index (χ0n) is 16.8. The monoisotopic (exact) mass is 379 g/mol. The minimum Gasteiger partial charge on any atom is -0.366 e. The molecule has 148 valence electrons. The Hall–Kier alpha value is -2.79. The van der Waals surface area contributed by atoms with Crippen molar-refractivity contribution in [2.75, 3.05) is 23.1 Å². The lowest BCUT2D eigenvalue weighted by Gasteiger charge is -2.22. The lowest BCUT2D eigenvalue weighted by Crippen LogP contribution is -2.26. The Morgan fingerprint density at radius 1 is 1.11 bits per heavy atom. The van der Waals surface area contributed by atoms with Gasteiger partial charge in [-0.15, -0.1) is 0 Å². The van der Waals surface area contributed by atoms with Crippen molar-refractivity contribution in [3.8, 4) is 0 Å². The summed E-state index contributed by atoms with van der Waals surface area (Å²) in [4.78, 5) is 11.6. The van der Waals surface area contributed by atoms with Crippen LogP contribution in [-0.4, -0.2) is 25.8 Å². The molecule has 28 heavy (non-hydrogen) atoms. The number of aryl methyl sites for hydroxylation is 1. The van der Waals surface area contributed by atoms with Gasteiger partial charge in [0.1, 0.15) is 6.23 Å². The molecule has 0 saturated carbocycles. The predicted molar refractivity (Wildman–Crippen MR) is 117 cm³/mol. The van der Waals surface area contributed by atoms with Gasteiger partial charge in [-0.25, -0.2) is 0 Å². The molecular formula is C23H29N3O2. The molecule has 0 amide bonds. The number of rotatable bonds is 9. The fourth-order valence-corrected chi connectivity index (χ4v) is 3.44. The van der Waals surface area contributed by atoms with Crippen LogP contribution < -0.4 is 16.0 Å². The van der Waals surface area contributed by atoms with Crippen LogP contribution in [0.2, 0.25) is 0 Å². The summed E-state index contributed by atoms with van der Waals surface area (Å²) in [6.07, 6.45) is 8.18. The Bertz CT molecular complexity index is 844. The standard InChI is InChI=1S/C23H29N3O2/c1-4-23(28-3)26-21-11-12-22(19(14-21)15-27)25-16(2)24-20-10-9-17-7-5-6-8-18(17)13-20/h5,7,9-16,23-26H,4,6,8H2,1-3H3. The number of hydrogen-bond acceptors (Lipinski definition) is 5. The van der Waals surface area contributed by atoms with Crippen LogP contribution in [0.1, 0.15) is 48.2 Å². The summed E-state index contributed by atoms with van der Waals surface area (Å²) in [6.45, 7) is 4.08. The number of carbonyl (C=O) groups is 1. The molecule has 0 radical (unpaired) electrons. The van der Waals surface area contributed by atoms with Crippen LogP contribution in [0.15, 0.2) is 42.5 Å². The van der Waals surface area contributed by atoms with Crippen LogP contribution in [0.4, 0.5) is 17.1 Å². The van der Waals surface area contributed by atoms with Crippen LogP contribution >= 0.6 is 0 Å². The summed E-state index contributed by atoms with van der Waals surface area (Å²) in [5, 5.41) is 10.1. The van der Waals surface area contributed by atoms with E-state index in [4.69, 9.17) is 4.74 Å². The van der Waals surface area contributed by atoms with Gasteiger partial charge in [-0.05, 0) is 67.6 Å². The Labute approximate surface area is 167 Å². The van der Waals surface area contributed by atoms with Crippen molar-refractivity contribution >= 4 is 29.4 Å². The number of allylic oxidation sites excluding steroid dienone is 1. The van der Waals surface area contributed by atoms with Crippen LogP contribution in [0.3, 0.4) is 0 Å². The minimum atomic E-state index is -0.0715. The molecule has 2 atom stereocenters. The third-order valence-corrected chi connectivity index (χ3v) is 4.94. The van der Waals surface area contributed by atoms with Gasteiger partial charge < -0.3 is 20.7 Å². The van der Waals surface area contributed by atoms with E-state index >= 15 is 0 Å². The average molecular weight is 380 g/mol. The van der Waals surface area contributed by atoms with E-state index in [-0.39, 0.29) is 12.4 Å². The summed E-state index contributed by atoms with van der Waals surface area (Å²) >= 11 is 0. The smallest absolute Gasteiger partial charge is 0.152 e. The third kappa shape index (κ3) is 4.93. The van der Waals surface area contributed by atoms with E-state index in [0.717, 1.165) is 42.6 Å². The zero-order valence-corrected chi connectivity index (χ0v) is 16.8. The van der Waals surface area contributed by atoms with Crippen molar-refractivity contribution in [1.29, 1.82) is 0 Å². The molecule has 0 aliphatic heterocycles. The van der Waals surface area contributed by atoms with Crippen LogP contribution in [0, 0.1) is 0 Å².